The van der Waals surface area contributed by atoms with Crippen LogP contribution in [0.15, 0.2) is 12.4 Å². The second-order valence-electron chi connectivity index (χ2n) is 4.44. The van der Waals surface area contributed by atoms with E-state index in [1.165, 1.54) is 12.4 Å². The highest BCUT2D eigenvalue weighted by atomic mass is 19.4. The van der Waals surface area contributed by atoms with E-state index in [1.807, 2.05) is 13.8 Å². The van der Waals surface area contributed by atoms with Crippen LogP contribution in [0.5, 0.6) is 0 Å². The average molecular weight is 282 g/mol. The Hall–Kier alpha value is -1.27. The lowest BCUT2D eigenvalue weighted by atomic mass is 10.1. The molecule has 1 unspecified atom stereocenters. The van der Waals surface area contributed by atoms with Gasteiger partial charge in [0, 0.05) is 18.8 Å². The molecule has 0 saturated heterocycles. The molecular weight excluding hydrogens is 267 g/mol. The fraction of sp³-hybridized carbons (Fsp3) is 0.667. The molecule has 1 aromatic heterocycles. The van der Waals surface area contributed by atoms with Gasteiger partial charge in [0.2, 0.25) is 0 Å². The number of hydrogen-bond donors (Lipinski definition) is 0. The maximum atomic E-state index is 12.7. The monoisotopic (exact) mass is 282 g/mol. The molecule has 0 aliphatic heterocycles. The standard InChI is InChI=1S/C12H15F5N2/c1-3-8(2)10-7-18-9(6-19-10)4-5-11(13,14)12(15,16)17/h6-8H,3-5H2,1-2H3. The maximum absolute atomic E-state index is 12.7. The first-order valence-corrected chi connectivity index (χ1v) is 5.92. The predicted molar refractivity (Wildman–Crippen MR) is 60.1 cm³/mol. The third kappa shape index (κ3) is 4.11. The molecule has 0 bridgehead atoms. The molecule has 19 heavy (non-hydrogen) atoms. The Kier molecular flexibility index (Phi) is 4.81. The van der Waals surface area contributed by atoms with Crippen molar-refractivity contribution in [3.05, 3.63) is 23.8 Å². The van der Waals surface area contributed by atoms with Crippen molar-refractivity contribution in [3.63, 3.8) is 0 Å². The minimum absolute atomic E-state index is 0.135. The van der Waals surface area contributed by atoms with Crippen LogP contribution in [-0.2, 0) is 6.42 Å². The SMILES string of the molecule is CCC(C)c1cnc(CCC(F)(F)C(F)(F)F)cn1. The number of hydrogen-bond acceptors (Lipinski definition) is 2. The Morgan fingerprint density at radius 2 is 1.74 bits per heavy atom. The van der Waals surface area contributed by atoms with Gasteiger partial charge in [0.25, 0.3) is 0 Å². The smallest absolute Gasteiger partial charge is 0.258 e. The van der Waals surface area contributed by atoms with E-state index in [2.05, 4.69) is 9.97 Å². The van der Waals surface area contributed by atoms with Gasteiger partial charge in [0.1, 0.15) is 0 Å². The molecule has 0 radical (unpaired) electrons. The Labute approximate surface area is 108 Å². The second kappa shape index (κ2) is 5.79. The summed E-state index contributed by atoms with van der Waals surface area (Å²) < 4.78 is 61.3. The lowest BCUT2D eigenvalue weighted by Gasteiger charge is -2.19. The predicted octanol–water partition coefficient (Wildman–Crippen LogP) is 4.12. The summed E-state index contributed by atoms with van der Waals surface area (Å²) in [6.45, 7) is 3.89. The van der Waals surface area contributed by atoms with Crippen molar-refractivity contribution in [1.29, 1.82) is 0 Å². The Bertz CT molecular complexity index is 400. The van der Waals surface area contributed by atoms with E-state index in [0.29, 0.717) is 5.69 Å². The Morgan fingerprint density at radius 1 is 1.11 bits per heavy atom. The van der Waals surface area contributed by atoms with Gasteiger partial charge >= 0.3 is 12.1 Å². The van der Waals surface area contributed by atoms with Gasteiger partial charge in [-0.05, 0) is 18.8 Å². The Balaban J connectivity index is 2.65. The first-order chi connectivity index (χ1) is 8.67. The summed E-state index contributed by atoms with van der Waals surface area (Å²) >= 11 is 0. The van der Waals surface area contributed by atoms with E-state index < -0.39 is 24.9 Å². The molecule has 108 valence electrons. The average Bonchev–Trinajstić information content (AvgIpc) is 2.35. The molecule has 0 aliphatic rings. The van der Waals surface area contributed by atoms with Crippen LogP contribution >= 0.6 is 0 Å². The summed E-state index contributed by atoms with van der Waals surface area (Å²) in [5.41, 5.74) is 0.838. The molecular formula is C12H15F5N2. The van der Waals surface area contributed by atoms with Crippen molar-refractivity contribution in [2.24, 2.45) is 0 Å². The second-order valence-corrected chi connectivity index (χ2v) is 4.44. The summed E-state index contributed by atoms with van der Waals surface area (Å²) in [4.78, 5) is 7.89. The third-order valence-electron chi connectivity index (χ3n) is 2.95. The molecule has 1 aromatic rings. The number of aromatic nitrogens is 2. The lowest BCUT2D eigenvalue weighted by Crippen LogP contribution is -2.36. The molecule has 1 rings (SSSR count). The minimum Gasteiger partial charge on any atom is -0.258 e. The van der Waals surface area contributed by atoms with E-state index in [-0.39, 0.29) is 11.6 Å². The van der Waals surface area contributed by atoms with E-state index in [4.69, 9.17) is 0 Å². The van der Waals surface area contributed by atoms with Gasteiger partial charge in [0.05, 0.1) is 11.4 Å². The maximum Gasteiger partial charge on any atom is 0.453 e. The first kappa shape index (κ1) is 15.8. The van der Waals surface area contributed by atoms with Gasteiger partial charge < -0.3 is 0 Å². The van der Waals surface area contributed by atoms with Crippen molar-refractivity contribution in [2.75, 3.05) is 0 Å². The molecule has 0 saturated carbocycles. The van der Waals surface area contributed by atoms with Crippen molar-refractivity contribution < 1.29 is 22.0 Å². The zero-order chi connectivity index (χ0) is 14.7. The van der Waals surface area contributed by atoms with Crippen LogP contribution in [0.2, 0.25) is 0 Å². The van der Waals surface area contributed by atoms with Crippen molar-refractivity contribution >= 4 is 0 Å². The van der Waals surface area contributed by atoms with E-state index in [1.54, 1.807) is 0 Å². The number of nitrogens with zero attached hydrogens (tertiary/aromatic N) is 2. The third-order valence-corrected chi connectivity index (χ3v) is 2.95. The van der Waals surface area contributed by atoms with Crippen molar-refractivity contribution in [2.45, 2.75) is 51.1 Å². The van der Waals surface area contributed by atoms with Crippen LogP contribution in [0, 0.1) is 0 Å². The van der Waals surface area contributed by atoms with Crippen LogP contribution in [-0.4, -0.2) is 22.1 Å². The van der Waals surface area contributed by atoms with Crippen molar-refractivity contribution in [1.82, 2.24) is 9.97 Å². The highest BCUT2D eigenvalue weighted by Crippen LogP contribution is 2.38. The van der Waals surface area contributed by atoms with Gasteiger partial charge in [-0.3, -0.25) is 9.97 Å². The van der Waals surface area contributed by atoms with Gasteiger partial charge in [-0.2, -0.15) is 22.0 Å². The molecule has 1 atom stereocenters. The number of alkyl halides is 5. The molecule has 0 aromatic carbocycles. The van der Waals surface area contributed by atoms with Gasteiger partial charge in [-0.1, -0.05) is 13.8 Å². The fourth-order valence-corrected chi connectivity index (χ4v) is 1.38. The molecule has 0 aliphatic carbocycles. The molecule has 0 amide bonds. The van der Waals surface area contributed by atoms with Crippen molar-refractivity contribution in [3.8, 4) is 0 Å². The molecule has 0 spiro atoms. The minimum atomic E-state index is -5.52. The number of aryl methyl sites for hydroxylation is 1. The summed E-state index contributed by atoms with van der Waals surface area (Å²) in [6, 6.07) is 0. The topological polar surface area (TPSA) is 25.8 Å². The van der Waals surface area contributed by atoms with Gasteiger partial charge in [-0.15, -0.1) is 0 Å². The van der Waals surface area contributed by atoms with E-state index >= 15 is 0 Å². The number of halogens is 5. The first-order valence-electron chi connectivity index (χ1n) is 5.92. The highest BCUT2D eigenvalue weighted by molar-refractivity contribution is 5.07. The molecule has 0 N–H and O–H groups in total. The molecule has 2 nitrogen and oxygen atoms in total. The summed E-state index contributed by atoms with van der Waals surface area (Å²) in [5, 5.41) is 0. The van der Waals surface area contributed by atoms with E-state index in [0.717, 1.165) is 6.42 Å². The largest absolute Gasteiger partial charge is 0.453 e. The fourth-order valence-electron chi connectivity index (χ4n) is 1.38. The summed E-state index contributed by atoms with van der Waals surface area (Å²) in [6.07, 6.45) is -3.76. The van der Waals surface area contributed by atoms with Crippen LogP contribution < -0.4 is 0 Å². The zero-order valence-electron chi connectivity index (χ0n) is 10.6. The Morgan fingerprint density at radius 3 is 2.16 bits per heavy atom. The quantitative estimate of drug-likeness (QED) is 0.759. The van der Waals surface area contributed by atoms with Gasteiger partial charge in [0.15, 0.2) is 0 Å². The normalized spacial score (nSPS) is 14.5. The molecule has 1 heterocycles. The van der Waals surface area contributed by atoms with Gasteiger partial charge in [-0.25, -0.2) is 0 Å². The molecule has 7 heteroatoms. The summed E-state index contributed by atoms with van der Waals surface area (Å²) in [7, 11) is 0. The van der Waals surface area contributed by atoms with Crippen LogP contribution in [0.3, 0.4) is 0 Å². The summed E-state index contributed by atoms with van der Waals surface area (Å²) in [5.74, 6) is -4.51. The van der Waals surface area contributed by atoms with E-state index in [9.17, 15) is 22.0 Å². The highest BCUT2D eigenvalue weighted by Gasteiger charge is 2.56. The number of rotatable bonds is 5. The zero-order valence-corrected chi connectivity index (χ0v) is 10.6. The van der Waals surface area contributed by atoms with Crippen LogP contribution in [0.25, 0.3) is 0 Å². The van der Waals surface area contributed by atoms with Crippen LogP contribution in [0.4, 0.5) is 22.0 Å². The van der Waals surface area contributed by atoms with Crippen LogP contribution in [0.1, 0.15) is 44.0 Å². The lowest BCUT2D eigenvalue weighted by molar-refractivity contribution is -0.284. The molecule has 0 fully saturated rings.